The summed E-state index contributed by atoms with van der Waals surface area (Å²) >= 11 is 5.26. The standard InChI is InChI=1S/C14H11N3O4S/c1-7-5-6-10(12(18)15-7)16-13(19)11-8(14(16)22)3-2-4-9(11)17(20)21/h2-4,10H,1,5-6H2,(H,15,18). The number of benzene rings is 1. The summed E-state index contributed by atoms with van der Waals surface area (Å²) in [6.07, 6.45) is 0.916. The molecule has 8 heteroatoms. The molecule has 0 saturated carbocycles. The van der Waals surface area contributed by atoms with Crippen molar-refractivity contribution in [2.45, 2.75) is 18.9 Å². The summed E-state index contributed by atoms with van der Waals surface area (Å²) in [7, 11) is 0. The van der Waals surface area contributed by atoms with Gasteiger partial charge in [0.15, 0.2) is 0 Å². The second-order valence-electron chi connectivity index (χ2n) is 5.08. The molecule has 2 aliphatic heterocycles. The molecule has 0 spiro atoms. The smallest absolute Gasteiger partial charge is 0.282 e. The van der Waals surface area contributed by atoms with E-state index in [9.17, 15) is 19.7 Å². The average molecular weight is 317 g/mol. The van der Waals surface area contributed by atoms with E-state index in [1.165, 1.54) is 17.0 Å². The van der Waals surface area contributed by atoms with Gasteiger partial charge in [0.2, 0.25) is 5.91 Å². The van der Waals surface area contributed by atoms with E-state index >= 15 is 0 Å². The lowest BCUT2D eigenvalue weighted by Crippen LogP contribution is -2.51. The van der Waals surface area contributed by atoms with Gasteiger partial charge in [-0.3, -0.25) is 24.6 Å². The zero-order valence-electron chi connectivity index (χ0n) is 11.4. The first-order valence-corrected chi connectivity index (χ1v) is 6.96. The number of amides is 2. The average Bonchev–Trinajstić information content (AvgIpc) is 2.72. The maximum absolute atomic E-state index is 12.6. The first-order valence-electron chi connectivity index (χ1n) is 6.55. The van der Waals surface area contributed by atoms with E-state index in [-0.39, 0.29) is 22.1 Å². The van der Waals surface area contributed by atoms with Crippen LogP contribution in [0.2, 0.25) is 0 Å². The molecule has 1 saturated heterocycles. The number of allylic oxidation sites excluding steroid dienone is 1. The maximum atomic E-state index is 12.6. The number of hydrogen-bond acceptors (Lipinski definition) is 5. The SMILES string of the molecule is C=C1CCC(N2C(=O)c3c(cccc3[N+](=O)[O-])C2=S)C(=O)N1. The molecule has 1 atom stereocenters. The largest absolute Gasteiger partial charge is 0.329 e. The molecule has 1 N–H and O–H groups in total. The van der Waals surface area contributed by atoms with Crippen LogP contribution in [0.5, 0.6) is 0 Å². The van der Waals surface area contributed by atoms with Crippen molar-refractivity contribution in [1.82, 2.24) is 10.2 Å². The molecule has 1 unspecified atom stereocenters. The predicted octanol–water partition coefficient (Wildman–Crippen LogP) is 1.52. The topological polar surface area (TPSA) is 92.6 Å². The molecule has 2 aliphatic rings. The number of carbonyl (C=O) groups is 2. The molecule has 0 bridgehead atoms. The van der Waals surface area contributed by atoms with E-state index in [0.717, 1.165) is 0 Å². The number of nitrogens with one attached hydrogen (secondary N) is 1. The molecule has 2 amide bonds. The zero-order chi connectivity index (χ0) is 16.0. The van der Waals surface area contributed by atoms with Crippen LogP contribution in [0.25, 0.3) is 0 Å². The number of piperidine rings is 1. The van der Waals surface area contributed by atoms with E-state index < -0.39 is 16.9 Å². The number of hydrogen-bond donors (Lipinski definition) is 1. The summed E-state index contributed by atoms with van der Waals surface area (Å²) in [5.41, 5.74) is 0.566. The number of nitro groups is 1. The third-order valence-corrected chi connectivity index (χ3v) is 4.17. The molecular weight excluding hydrogens is 306 g/mol. The molecule has 1 fully saturated rings. The highest BCUT2D eigenvalue weighted by molar-refractivity contribution is 7.80. The second-order valence-corrected chi connectivity index (χ2v) is 5.47. The number of fused-ring (bicyclic) bond motifs is 1. The van der Waals surface area contributed by atoms with Gasteiger partial charge in [0.25, 0.3) is 11.6 Å². The number of nitrogens with zero attached hydrogens (tertiary/aromatic N) is 2. The van der Waals surface area contributed by atoms with Crippen LogP contribution in [-0.2, 0) is 4.79 Å². The van der Waals surface area contributed by atoms with Crippen LogP contribution < -0.4 is 5.32 Å². The fourth-order valence-electron chi connectivity index (χ4n) is 2.73. The quantitative estimate of drug-likeness (QED) is 0.507. The normalized spacial score (nSPS) is 20.9. The molecule has 2 heterocycles. The van der Waals surface area contributed by atoms with Crippen LogP contribution in [0.15, 0.2) is 30.5 Å². The van der Waals surface area contributed by atoms with Gasteiger partial charge in [0.05, 0.1) is 4.92 Å². The molecule has 0 radical (unpaired) electrons. The molecule has 3 rings (SSSR count). The highest BCUT2D eigenvalue weighted by Gasteiger charge is 2.44. The minimum absolute atomic E-state index is 0.0466. The van der Waals surface area contributed by atoms with Crippen molar-refractivity contribution in [3.05, 3.63) is 51.7 Å². The van der Waals surface area contributed by atoms with E-state index in [1.54, 1.807) is 6.07 Å². The summed E-state index contributed by atoms with van der Waals surface area (Å²) < 4.78 is 0. The lowest BCUT2D eigenvalue weighted by atomic mass is 10.0. The van der Waals surface area contributed by atoms with Crippen molar-refractivity contribution in [2.75, 3.05) is 0 Å². The van der Waals surface area contributed by atoms with Crippen molar-refractivity contribution in [3.63, 3.8) is 0 Å². The number of thiocarbonyl (C=S) groups is 1. The Kier molecular flexibility index (Phi) is 3.25. The Morgan fingerprint density at radius 1 is 1.41 bits per heavy atom. The van der Waals surface area contributed by atoms with Gasteiger partial charge in [-0.05, 0) is 12.8 Å². The van der Waals surface area contributed by atoms with Crippen molar-refractivity contribution in [1.29, 1.82) is 0 Å². The highest BCUT2D eigenvalue weighted by Crippen LogP contribution is 2.34. The molecule has 0 aromatic heterocycles. The van der Waals surface area contributed by atoms with E-state index in [0.29, 0.717) is 24.1 Å². The minimum atomic E-state index is -0.766. The van der Waals surface area contributed by atoms with Gasteiger partial charge in [0, 0.05) is 17.3 Å². The van der Waals surface area contributed by atoms with Crippen molar-refractivity contribution in [3.8, 4) is 0 Å². The lowest BCUT2D eigenvalue weighted by molar-refractivity contribution is -0.385. The van der Waals surface area contributed by atoms with Crippen LogP contribution in [0.4, 0.5) is 5.69 Å². The molecule has 22 heavy (non-hydrogen) atoms. The summed E-state index contributed by atoms with van der Waals surface area (Å²) in [6, 6.07) is 3.52. The number of carbonyl (C=O) groups excluding carboxylic acids is 2. The van der Waals surface area contributed by atoms with Crippen LogP contribution in [0.1, 0.15) is 28.8 Å². The summed E-state index contributed by atoms with van der Waals surface area (Å²) in [6.45, 7) is 3.68. The Labute approximate surface area is 130 Å². The number of rotatable bonds is 2. The van der Waals surface area contributed by atoms with E-state index in [2.05, 4.69) is 11.9 Å². The third kappa shape index (κ3) is 2.00. The lowest BCUT2D eigenvalue weighted by Gasteiger charge is -2.30. The zero-order valence-corrected chi connectivity index (χ0v) is 12.2. The Bertz CT molecular complexity index is 758. The predicted molar refractivity (Wildman–Crippen MR) is 81.3 cm³/mol. The first kappa shape index (κ1) is 14.3. The van der Waals surface area contributed by atoms with Crippen molar-refractivity contribution >= 4 is 34.7 Å². The van der Waals surface area contributed by atoms with Gasteiger partial charge in [-0.25, -0.2) is 0 Å². The molecule has 112 valence electrons. The molecule has 1 aromatic rings. The maximum Gasteiger partial charge on any atom is 0.282 e. The van der Waals surface area contributed by atoms with Gasteiger partial charge in [0.1, 0.15) is 16.6 Å². The highest BCUT2D eigenvalue weighted by atomic mass is 32.1. The van der Waals surface area contributed by atoms with Gasteiger partial charge in [-0.1, -0.05) is 30.9 Å². The summed E-state index contributed by atoms with van der Waals surface area (Å²) in [5.74, 6) is -0.970. The first-order chi connectivity index (χ1) is 10.4. The Balaban J connectivity index is 2.04. The van der Waals surface area contributed by atoms with Gasteiger partial charge >= 0.3 is 0 Å². The summed E-state index contributed by atoms with van der Waals surface area (Å²) in [5, 5.41) is 13.7. The fraction of sp³-hybridized carbons (Fsp3) is 0.214. The molecular formula is C14H11N3O4S. The monoisotopic (exact) mass is 317 g/mol. The number of nitro benzene ring substituents is 1. The van der Waals surface area contributed by atoms with Gasteiger partial charge in [-0.15, -0.1) is 0 Å². The van der Waals surface area contributed by atoms with E-state index in [1.807, 2.05) is 0 Å². The van der Waals surface area contributed by atoms with E-state index in [4.69, 9.17) is 12.2 Å². The van der Waals surface area contributed by atoms with Crippen LogP contribution >= 0.6 is 12.2 Å². The Morgan fingerprint density at radius 2 is 2.14 bits per heavy atom. The second kappa shape index (κ2) is 4.99. The third-order valence-electron chi connectivity index (χ3n) is 3.75. The van der Waals surface area contributed by atoms with Crippen molar-refractivity contribution < 1.29 is 14.5 Å². The van der Waals surface area contributed by atoms with Gasteiger partial charge in [-0.2, -0.15) is 0 Å². The molecule has 1 aromatic carbocycles. The van der Waals surface area contributed by atoms with Crippen molar-refractivity contribution in [2.24, 2.45) is 0 Å². The molecule has 7 nitrogen and oxygen atoms in total. The fourth-order valence-corrected chi connectivity index (χ4v) is 3.11. The van der Waals surface area contributed by atoms with Crippen LogP contribution in [0, 0.1) is 10.1 Å². The Hall–Kier alpha value is -2.61. The molecule has 0 aliphatic carbocycles. The summed E-state index contributed by atoms with van der Waals surface area (Å²) in [4.78, 5) is 36.5. The Morgan fingerprint density at radius 3 is 2.77 bits per heavy atom. The van der Waals surface area contributed by atoms with Gasteiger partial charge < -0.3 is 5.32 Å². The minimum Gasteiger partial charge on any atom is -0.329 e. The van der Waals surface area contributed by atoms with Crippen LogP contribution in [-0.4, -0.2) is 32.7 Å². The van der Waals surface area contributed by atoms with Crippen LogP contribution in [0.3, 0.4) is 0 Å².